The highest BCUT2D eigenvalue weighted by Crippen LogP contribution is 2.37. The summed E-state index contributed by atoms with van der Waals surface area (Å²) in [5, 5.41) is 0. The summed E-state index contributed by atoms with van der Waals surface area (Å²) in [7, 11) is 0. The molecule has 1 fully saturated rings. The molecule has 0 spiro atoms. The molecule has 0 atom stereocenters. The van der Waals surface area contributed by atoms with Crippen LogP contribution in [-0.4, -0.2) is 6.67 Å². The Morgan fingerprint density at radius 1 is 0.857 bits per heavy atom. The van der Waals surface area contributed by atoms with Crippen LogP contribution in [0.2, 0.25) is 0 Å². The van der Waals surface area contributed by atoms with Crippen molar-refractivity contribution >= 4 is 0 Å². The number of rotatable bonds is 5. The van der Waals surface area contributed by atoms with E-state index in [1.165, 1.54) is 49.7 Å². The quantitative estimate of drug-likeness (QED) is 0.278. The van der Waals surface area contributed by atoms with Gasteiger partial charge >= 0.3 is 0 Å². The van der Waals surface area contributed by atoms with Crippen molar-refractivity contribution in [2.75, 3.05) is 6.67 Å². The zero-order chi connectivity index (χ0) is 20.5. The van der Waals surface area contributed by atoms with Crippen LogP contribution in [0.5, 0.6) is 0 Å². The predicted octanol–water partition coefficient (Wildman–Crippen LogP) is 7.52. The molecule has 0 amide bonds. The maximum atomic E-state index is 12.3. The van der Waals surface area contributed by atoms with E-state index in [-0.39, 0.29) is 18.8 Å². The van der Waals surface area contributed by atoms with E-state index >= 15 is 0 Å². The zero-order valence-electron chi connectivity index (χ0n) is 16.2. The Labute approximate surface area is 163 Å². The van der Waals surface area contributed by atoms with Crippen LogP contribution < -0.4 is 0 Å². The molecule has 0 bridgehead atoms. The summed E-state index contributed by atoms with van der Waals surface area (Å²) in [5.74, 6) is -4.45. The van der Waals surface area contributed by atoms with Crippen molar-refractivity contribution in [3.8, 4) is 0 Å². The lowest BCUT2D eigenvalue weighted by molar-refractivity contribution is 0.283. The normalized spacial score (nSPS) is 19.1. The number of alkyl halides is 1. The highest BCUT2D eigenvalue weighted by atomic mass is 19.2. The molecule has 0 saturated heterocycles. The maximum absolute atomic E-state index is 12.3. The van der Waals surface area contributed by atoms with Crippen molar-refractivity contribution in [1.29, 1.82) is 0 Å². The average molecular weight is 398 g/mol. The van der Waals surface area contributed by atoms with Crippen LogP contribution in [0.3, 0.4) is 0 Å². The van der Waals surface area contributed by atoms with Crippen molar-refractivity contribution in [2.24, 2.45) is 5.92 Å². The van der Waals surface area contributed by atoms with Gasteiger partial charge in [-0.1, -0.05) is 37.6 Å². The number of aryl methyl sites for hydroxylation is 1. The van der Waals surface area contributed by atoms with Crippen LogP contribution in [0.25, 0.3) is 0 Å². The molecule has 0 aliphatic heterocycles. The lowest BCUT2D eigenvalue weighted by atomic mass is 9.77. The Morgan fingerprint density at radius 2 is 1.43 bits per heavy atom. The van der Waals surface area contributed by atoms with Crippen molar-refractivity contribution in [3.05, 3.63) is 70.8 Å². The maximum Gasteiger partial charge on any atom is 0.194 e. The average Bonchev–Trinajstić information content (AvgIpc) is 2.68. The Kier molecular flexibility index (Phi) is 8.94. The number of hydrogen-bond acceptors (Lipinski definition) is 0. The fraction of sp³-hybridized carbons (Fsp3) is 0.478. The van der Waals surface area contributed by atoms with Gasteiger partial charge < -0.3 is 0 Å². The van der Waals surface area contributed by atoms with Crippen molar-refractivity contribution in [2.45, 2.75) is 57.8 Å². The van der Waals surface area contributed by atoms with Gasteiger partial charge in [0.15, 0.2) is 17.5 Å². The third-order valence-corrected chi connectivity index (χ3v) is 5.30. The second-order valence-corrected chi connectivity index (χ2v) is 7.37. The standard InChI is InChI=1S/C17H25F.C6H2F4/c1-2-3-14-4-8-16(9-5-14)17-10-6-15(7-11-17)12-13-18;7-3-1-4(8)6(10)5(9)2-3/h4-5,8-9,15,17H,2-3,6-7,10-13H2,1H3;1-2H. The van der Waals surface area contributed by atoms with Gasteiger partial charge in [-0.05, 0) is 61.5 Å². The first kappa shape index (κ1) is 22.4. The van der Waals surface area contributed by atoms with Crippen LogP contribution >= 0.6 is 0 Å². The molecule has 2 aromatic rings. The largest absolute Gasteiger partial charge is 0.251 e. The van der Waals surface area contributed by atoms with E-state index in [9.17, 15) is 22.0 Å². The molecule has 154 valence electrons. The van der Waals surface area contributed by atoms with Crippen molar-refractivity contribution in [3.63, 3.8) is 0 Å². The molecule has 0 unspecified atom stereocenters. The zero-order valence-corrected chi connectivity index (χ0v) is 16.2. The van der Waals surface area contributed by atoms with Gasteiger partial charge in [-0.15, -0.1) is 0 Å². The molecule has 0 N–H and O–H groups in total. The Hall–Kier alpha value is -1.91. The van der Waals surface area contributed by atoms with E-state index in [2.05, 4.69) is 31.2 Å². The Morgan fingerprint density at radius 3 is 1.93 bits per heavy atom. The van der Waals surface area contributed by atoms with Crippen LogP contribution in [0, 0.1) is 29.2 Å². The molecule has 1 aliphatic rings. The third-order valence-electron chi connectivity index (χ3n) is 5.30. The van der Waals surface area contributed by atoms with E-state index in [0.29, 0.717) is 5.92 Å². The van der Waals surface area contributed by atoms with Gasteiger partial charge in [0.05, 0.1) is 6.67 Å². The molecule has 0 radical (unpaired) electrons. The Bertz CT molecular complexity index is 695. The van der Waals surface area contributed by atoms with Gasteiger partial charge in [0.2, 0.25) is 0 Å². The highest BCUT2D eigenvalue weighted by Gasteiger charge is 2.21. The molecule has 1 aliphatic carbocycles. The van der Waals surface area contributed by atoms with Crippen LogP contribution in [-0.2, 0) is 6.42 Å². The minimum absolute atomic E-state index is 0.138. The van der Waals surface area contributed by atoms with Gasteiger partial charge in [0.25, 0.3) is 0 Å². The molecule has 0 heterocycles. The number of hydrogen-bond donors (Lipinski definition) is 0. The van der Waals surface area contributed by atoms with Crippen molar-refractivity contribution < 1.29 is 22.0 Å². The molecular formula is C23H27F5. The van der Waals surface area contributed by atoms with Gasteiger partial charge in [0.1, 0.15) is 5.82 Å². The molecule has 1 saturated carbocycles. The second-order valence-electron chi connectivity index (χ2n) is 7.37. The van der Waals surface area contributed by atoms with E-state index in [1.54, 1.807) is 0 Å². The minimum Gasteiger partial charge on any atom is -0.251 e. The van der Waals surface area contributed by atoms with Gasteiger partial charge in [-0.25, -0.2) is 17.6 Å². The van der Waals surface area contributed by atoms with E-state index in [1.807, 2.05) is 0 Å². The Balaban J connectivity index is 0.000000237. The summed E-state index contributed by atoms with van der Waals surface area (Å²) < 4.78 is 60.2. The van der Waals surface area contributed by atoms with Gasteiger partial charge in [-0.3, -0.25) is 4.39 Å². The molecular weight excluding hydrogens is 371 g/mol. The summed E-state index contributed by atoms with van der Waals surface area (Å²) in [5.41, 5.74) is 2.95. The summed E-state index contributed by atoms with van der Waals surface area (Å²) >= 11 is 0. The van der Waals surface area contributed by atoms with Gasteiger partial charge in [0, 0.05) is 12.1 Å². The van der Waals surface area contributed by atoms with E-state index < -0.39 is 23.3 Å². The topological polar surface area (TPSA) is 0 Å². The fourth-order valence-corrected chi connectivity index (χ4v) is 3.71. The number of benzene rings is 2. The molecule has 3 rings (SSSR count). The SMILES string of the molecule is CCCc1ccc(C2CCC(CCF)CC2)cc1.Fc1cc(F)c(F)c(F)c1. The summed E-state index contributed by atoms with van der Waals surface area (Å²) in [6, 6.07) is 9.74. The van der Waals surface area contributed by atoms with Crippen LogP contribution in [0.1, 0.15) is 62.5 Å². The molecule has 5 heteroatoms. The van der Waals surface area contributed by atoms with Crippen molar-refractivity contribution in [1.82, 2.24) is 0 Å². The lowest BCUT2D eigenvalue weighted by Gasteiger charge is -2.28. The van der Waals surface area contributed by atoms with E-state index in [4.69, 9.17) is 0 Å². The first-order chi connectivity index (χ1) is 13.4. The smallest absolute Gasteiger partial charge is 0.194 e. The first-order valence-electron chi connectivity index (χ1n) is 9.89. The predicted molar refractivity (Wildman–Crippen MR) is 102 cm³/mol. The second kappa shape index (κ2) is 11.2. The highest BCUT2D eigenvalue weighted by molar-refractivity contribution is 5.25. The summed E-state index contributed by atoms with van der Waals surface area (Å²) in [6.45, 7) is 2.08. The van der Waals surface area contributed by atoms with E-state index in [0.717, 1.165) is 12.3 Å². The lowest BCUT2D eigenvalue weighted by Crippen LogP contribution is -2.13. The molecule has 0 nitrogen and oxygen atoms in total. The monoisotopic (exact) mass is 398 g/mol. The van der Waals surface area contributed by atoms with Crippen LogP contribution in [0.15, 0.2) is 36.4 Å². The fourth-order valence-electron chi connectivity index (χ4n) is 3.71. The molecule has 0 aromatic heterocycles. The summed E-state index contributed by atoms with van der Waals surface area (Å²) in [6.07, 6.45) is 8.10. The minimum atomic E-state index is -1.65. The first-order valence-corrected chi connectivity index (χ1v) is 9.89. The van der Waals surface area contributed by atoms with Gasteiger partial charge in [-0.2, -0.15) is 0 Å². The third kappa shape index (κ3) is 6.61. The van der Waals surface area contributed by atoms with Crippen LogP contribution in [0.4, 0.5) is 22.0 Å². The molecule has 28 heavy (non-hydrogen) atoms. The number of halogens is 5. The summed E-state index contributed by atoms with van der Waals surface area (Å²) in [4.78, 5) is 0. The molecule has 2 aromatic carbocycles.